The largest absolute Gasteiger partial charge is 0.355 e. The van der Waals surface area contributed by atoms with Crippen molar-refractivity contribution < 1.29 is 9.18 Å². The van der Waals surface area contributed by atoms with E-state index < -0.39 is 0 Å². The first-order valence-electron chi connectivity index (χ1n) is 6.04. The van der Waals surface area contributed by atoms with E-state index in [4.69, 9.17) is 0 Å². The van der Waals surface area contributed by atoms with Crippen molar-refractivity contribution in [3.63, 3.8) is 0 Å². The maximum Gasteiger partial charge on any atom is 0.233 e. The van der Waals surface area contributed by atoms with Gasteiger partial charge in [0, 0.05) is 17.6 Å². The molecule has 100 valence electrons. The quantitative estimate of drug-likeness (QED) is 0.759. The monoisotopic (exact) mass is 316 g/mol. The summed E-state index contributed by atoms with van der Waals surface area (Å²) in [6.07, 6.45) is 2.05. The lowest BCUT2D eigenvalue weighted by Crippen LogP contribution is -2.34. The van der Waals surface area contributed by atoms with E-state index in [2.05, 4.69) is 33.5 Å². The van der Waals surface area contributed by atoms with Crippen molar-refractivity contribution in [1.29, 1.82) is 0 Å². The van der Waals surface area contributed by atoms with Gasteiger partial charge in [0.2, 0.25) is 5.91 Å². The molecule has 0 spiro atoms. The van der Waals surface area contributed by atoms with E-state index in [9.17, 15) is 9.18 Å². The van der Waals surface area contributed by atoms with Crippen LogP contribution >= 0.6 is 15.9 Å². The highest BCUT2D eigenvalue weighted by Gasteiger charge is 2.03. The highest BCUT2D eigenvalue weighted by molar-refractivity contribution is 9.10. The maximum absolute atomic E-state index is 13.0. The summed E-state index contributed by atoms with van der Waals surface area (Å²) in [6, 6.07) is 4.50. The van der Waals surface area contributed by atoms with Crippen molar-refractivity contribution in [2.45, 2.75) is 26.3 Å². The number of carbonyl (C=O) groups is 1. The molecule has 1 amide bonds. The van der Waals surface area contributed by atoms with Gasteiger partial charge in [0.15, 0.2) is 0 Å². The smallest absolute Gasteiger partial charge is 0.233 e. The van der Waals surface area contributed by atoms with Gasteiger partial charge < -0.3 is 10.6 Å². The van der Waals surface area contributed by atoms with Gasteiger partial charge in [0.25, 0.3) is 0 Å². The van der Waals surface area contributed by atoms with Crippen LogP contribution in [-0.4, -0.2) is 19.0 Å². The van der Waals surface area contributed by atoms with Crippen LogP contribution in [0.5, 0.6) is 0 Å². The van der Waals surface area contributed by atoms with Crippen LogP contribution in [0.4, 0.5) is 4.39 Å². The van der Waals surface area contributed by atoms with E-state index in [-0.39, 0.29) is 18.3 Å². The van der Waals surface area contributed by atoms with Crippen LogP contribution in [0.1, 0.15) is 25.3 Å². The molecular formula is C13H18BrFN2O. The van der Waals surface area contributed by atoms with Gasteiger partial charge in [-0.3, -0.25) is 4.79 Å². The zero-order valence-electron chi connectivity index (χ0n) is 10.4. The third-order valence-corrected chi connectivity index (χ3v) is 3.23. The Bertz CT molecular complexity index is 399. The van der Waals surface area contributed by atoms with E-state index in [0.29, 0.717) is 13.1 Å². The molecule has 18 heavy (non-hydrogen) atoms. The van der Waals surface area contributed by atoms with Gasteiger partial charge in [-0.05, 0) is 30.2 Å². The van der Waals surface area contributed by atoms with E-state index in [1.807, 2.05) is 0 Å². The molecule has 0 radical (unpaired) electrons. The third kappa shape index (κ3) is 5.60. The summed E-state index contributed by atoms with van der Waals surface area (Å²) >= 11 is 3.34. The molecule has 0 aromatic heterocycles. The van der Waals surface area contributed by atoms with Crippen molar-refractivity contribution in [2.75, 3.05) is 13.1 Å². The molecule has 0 saturated carbocycles. The Kier molecular flexibility index (Phi) is 6.90. The molecule has 0 fully saturated rings. The number of amides is 1. The molecule has 1 aromatic carbocycles. The Balaban J connectivity index is 2.28. The summed E-state index contributed by atoms with van der Waals surface area (Å²) in [7, 11) is 0. The summed E-state index contributed by atoms with van der Waals surface area (Å²) in [5.74, 6) is -0.307. The van der Waals surface area contributed by atoms with Gasteiger partial charge in [-0.15, -0.1) is 0 Å². The Morgan fingerprint density at radius 1 is 1.44 bits per heavy atom. The average molecular weight is 317 g/mol. The summed E-state index contributed by atoms with van der Waals surface area (Å²) in [5, 5.41) is 5.80. The minimum Gasteiger partial charge on any atom is -0.355 e. The number of nitrogens with one attached hydrogen (secondary N) is 2. The van der Waals surface area contributed by atoms with Crippen molar-refractivity contribution >= 4 is 21.8 Å². The van der Waals surface area contributed by atoms with E-state index in [0.717, 1.165) is 22.9 Å². The molecule has 3 nitrogen and oxygen atoms in total. The first-order valence-corrected chi connectivity index (χ1v) is 6.84. The first kappa shape index (κ1) is 15.1. The molecule has 0 aliphatic heterocycles. The Morgan fingerprint density at radius 2 is 2.22 bits per heavy atom. The van der Waals surface area contributed by atoms with Crippen LogP contribution in [-0.2, 0) is 11.3 Å². The fourth-order valence-corrected chi connectivity index (χ4v) is 1.84. The SMILES string of the molecule is CCCCNC(=O)CNCc1cc(F)ccc1Br. The molecule has 1 aromatic rings. The number of benzene rings is 1. The van der Waals surface area contributed by atoms with Gasteiger partial charge in [-0.2, -0.15) is 0 Å². The Morgan fingerprint density at radius 3 is 2.94 bits per heavy atom. The number of hydrogen-bond acceptors (Lipinski definition) is 2. The van der Waals surface area contributed by atoms with Crippen molar-refractivity contribution in [2.24, 2.45) is 0 Å². The summed E-state index contributed by atoms with van der Waals surface area (Å²) in [4.78, 5) is 11.4. The Hall–Kier alpha value is -0.940. The van der Waals surface area contributed by atoms with E-state index in [1.165, 1.54) is 12.1 Å². The predicted molar refractivity (Wildman–Crippen MR) is 73.7 cm³/mol. The molecule has 0 bridgehead atoms. The minimum atomic E-state index is -0.276. The lowest BCUT2D eigenvalue weighted by Gasteiger charge is -2.07. The fraction of sp³-hybridized carbons (Fsp3) is 0.462. The number of unbranched alkanes of at least 4 members (excludes halogenated alkanes) is 1. The zero-order valence-corrected chi connectivity index (χ0v) is 12.0. The number of rotatable bonds is 7. The Labute approximate surface area is 115 Å². The molecular weight excluding hydrogens is 299 g/mol. The van der Waals surface area contributed by atoms with Crippen LogP contribution < -0.4 is 10.6 Å². The summed E-state index contributed by atoms with van der Waals surface area (Å²) in [6.45, 7) is 3.48. The highest BCUT2D eigenvalue weighted by atomic mass is 79.9. The number of carbonyl (C=O) groups excluding carboxylic acids is 1. The normalized spacial score (nSPS) is 10.4. The molecule has 0 atom stereocenters. The summed E-state index contributed by atoms with van der Waals surface area (Å²) in [5.41, 5.74) is 0.802. The lowest BCUT2D eigenvalue weighted by atomic mass is 10.2. The standard InChI is InChI=1S/C13H18BrFN2O/c1-2-3-6-17-13(18)9-16-8-10-7-11(15)4-5-12(10)14/h4-5,7,16H,2-3,6,8-9H2,1H3,(H,17,18). The second-order valence-electron chi connectivity index (χ2n) is 4.04. The lowest BCUT2D eigenvalue weighted by molar-refractivity contribution is -0.120. The number of hydrogen-bond donors (Lipinski definition) is 2. The zero-order chi connectivity index (χ0) is 13.4. The number of halogens is 2. The molecule has 0 aliphatic carbocycles. The molecule has 0 unspecified atom stereocenters. The van der Waals surface area contributed by atoms with Gasteiger partial charge >= 0.3 is 0 Å². The predicted octanol–water partition coefficient (Wildman–Crippen LogP) is 2.59. The molecule has 0 saturated heterocycles. The van der Waals surface area contributed by atoms with Crippen molar-refractivity contribution in [3.8, 4) is 0 Å². The second-order valence-corrected chi connectivity index (χ2v) is 4.90. The summed E-state index contributed by atoms with van der Waals surface area (Å²) < 4.78 is 13.8. The van der Waals surface area contributed by atoms with Crippen molar-refractivity contribution in [3.05, 3.63) is 34.1 Å². The first-order chi connectivity index (χ1) is 8.63. The molecule has 0 heterocycles. The van der Waals surface area contributed by atoms with Crippen LogP contribution in [0.3, 0.4) is 0 Å². The van der Waals surface area contributed by atoms with Gasteiger partial charge in [-0.25, -0.2) is 4.39 Å². The molecule has 2 N–H and O–H groups in total. The molecule has 5 heteroatoms. The highest BCUT2D eigenvalue weighted by Crippen LogP contribution is 2.17. The second kappa shape index (κ2) is 8.21. The van der Waals surface area contributed by atoms with Gasteiger partial charge in [-0.1, -0.05) is 29.3 Å². The average Bonchev–Trinajstić information content (AvgIpc) is 2.34. The van der Waals surface area contributed by atoms with E-state index >= 15 is 0 Å². The van der Waals surface area contributed by atoms with Crippen LogP contribution in [0.15, 0.2) is 22.7 Å². The minimum absolute atomic E-state index is 0.0315. The van der Waals surface area contributed by atoms with Gasteiger partial charge in [0.05, 0.1) is 6.54 Å². The maximum atomic E-state index is 13.0. The third-order valence-electron chi connectivity index (χ3n) is 2.46. The fourth-order valence-electron chi connectivity index (χ4n) is 1.46. The van der Waals surface area contributed by atoms with Crippen LogP contribution in [0.2, 0.25) is 0 Å². The van der Waals surface area contributed by atoms with Crippen LogP contribution in [0.25, 0.3) is 0 Å². The topological polar surface area (TPSA) is 41.1 Å². The van der Waals surface area contributed by atoms with Crippen LogP contribution in [0, 0.1) is 5.82 Å². The molecule has 1 rings (SSSR count). The van der Waals surface area contributed by atoms with E-state index in [1.54, 1.807) is 6.07 Å². The van der Waals surface area contributed by atoms with Crippen molar-refractivity contribution in [1.82, 2.24) is 10.6 Å². The van der Waals surface area contributed by atoms with Gasteiger partial charge in [0.1, 0.15) is 5.82 Å². The molecule has 0 aliphatic rings.